The van der Waals surface area contributed by atoms with Gasteiger partial charge in [-0.1, -0.05) is 30.5 Å². The first-order chi connectivity index (χ1) is 15.0. The van der Waals surface area contributed by atoms with Gasteiger partial charge in [-0.15, -0.1) is 0 Å². The molecular formula is C24H32N4O3. The van der Waals surface area contributed by atoms with Gasteiger partial charge in [0.1, 0.15) is 11.3 Å². The fraction of sp³-hybridized carbons (Fsp3) is 0.625. The largest absolute Gasteiger partial charge is 0.392 e. The molecule has 0 aromatic carbocycles. The number of carbonyl (C=O) groups excluding carboxylic acids is 1. The molecule has 2 aliphatic heterocycles. The fourth-order valence-corrected chi connectivity index (χ4v) is 5.97. The van der Waals surface area contributed by atoms with Crippen molar-refractivity contribution in [2.24, 2.45) is 0 Å². The SMILES string of the molecule is Cc1noc(C)c1-c1ccc(CN2C[C@H](O)CC23CCN(C2CCCCC2)C3=O)cn1. The molecule has 0 bridgehead atoms. The standard InChI is InChI=1S/C24H32N4O3/c1-16-22(17(2)31-26-16)21-9-8-18(13-25-21)14-27-15-20(29)12-24(27)10-11-28(23(24)30)19-6-4-3-5-7-19/h8-9,13,19-20,29H,3-7,10-12,14-15H2,1-2H3/t20-,24?/m1/s1. The zero-order valence-corrected chi connectivity index (χ0v) is 18.5. The van der Waals surface area contributed by atoms with Gasteiger partial charge in [-0.25, -0.2) is 0 Å². The lowest BCUT2D eigenvalue weighted by Crippen LogP contribution is -2.51. The van der Waals surface area contributed by atoms with Crippen molar-refractivity contribution in [2.75, 3.05) is 13.1 Å². The van der Waals surface area contributed by atoms with Crippen LogP contribution in [-0.4, -0.2) is 61.7 Å². The van der Waals surface area contributed by atoms with Gasteiger partial charge in [0.25, 0.3) is 0 Å². The molecule has 1 saturated carbocycles. The summed E-state index contributed by atoms with van der Waals surface area (Å²) < 4.78 is 5.27. The highest BCUT2D eigenvalue weighted by atomic mass is 16.5. The van der Waals surface area contributed by atoms with Gasteiger partial charge < -0.3 is 14.5 Å². The van der Waals surface area contributed by atoms with Gasteiger partial charge in [0.05, 0.1) is 23.1 Å². The quantitative estimate of drug-likeness (QED) is 0.811. The van der Waals surface area contributed by atoms with E-state index in [1.54, 1.807) is 0 Å². The van der Waals surface area contributed by atoms with Crippen molar-refractivity contribution in [1.82, 2.24) is 19.9 Å². The average Bonchev–Trinajstić information content (AvgIpc) is 3.39. The summed E-state index contributed by atoms with van der Waals surface area (Å²) in [5.41, 5.74) is 3.11. The van der Waals surface area contributed by atoms with Gasteiger partial charge in [-0.05, 0) is 44.7 Å². The zero-order chi connectivity index (χ0) is 21.6. The Bertz CT molecular complexity index is 931. The van der Waals surface area contributed by atoms with Crippen molar-refractivity contribution in [2.45, 2.75) is 83.0 Å². The molecule has 3 aliphatic rings. The van der Waals surface area contributed by atoms with Gasteiger partial charge in [-0.2, -0.15) is 0 Å². The van der Waals surface area contributed by atoms with Gasteiger partial charge in [-0.3, -0.25) is 14.7 Å². The van der Waals surface area contributed by atoms with E-state index in [9.17, 15) is 9.90 Å². The van der Waals surface area contributed by atoms with Crippen LogP contribution in [0.5, 0.6) is 0 Å². The van der Waals surface area contributed by atoms with Crippen LogP contribution < -0.4 is 0 Å². The second kappa shape index (κ2) is 8.02. The molecule has 1 aliphatic carbocycles. The van der Waals surface area contributed by atoms with E-state index in [1.807, 2.05) is 26.1 Å². The number of hydrogen-bond donors (Lipinski definition) is 1. The Labute approximate surface area is 183 Å². The minimum absolute atomic E-state index is 0.233. The summed E-state index contributed by atoms with van der Waals surface area (Å²) in [6, 6.07) is 4.44. The van der Waals surface area contributed by atoms with Crippen LogP contribution in [0, 0.1) is 13.8 Å². The maximum atomic E-state index is 13.6. The number of carbonyl (C=O) groups is 1. The summed E-state index contributed by atoms with van der Waals surface area (Å²) in [4.78, 5) is 22.6. The van der Waals surface area contributed by atoms with E-state index in [2.05, 4.69) is 26.0 Å². The summed E-state index contributed by atoms with van der Waals surface area (Å²) in [6.45, 7) is 5.78. The topological polar surface area (TPSA) is 82.7 Å². The monoisotopic (exact) mass is 424 g/mol. The number of aliphatic hydroxyl groups excluding tert-OH is 1. The second-order valence-corrected chi connectivity index (χ2v) is 9.56. The maximum absolute atomic E-state index is 13.6. The van der Waals surface area contributed by atoms with Crippen molar-refractivity contribution in [3.63, 3.8) is 0 Å². The third kappa shape index (κ3) is 3.57. The highest BCUT2D eigenvalue weighted by molar-refractivity contribution is 5.89. The van der Waals surface area contributed by atoms with E-state index in [0.29, 0.717) is 25.6 Å². The molecule has 1 amide bonds. The molecule has 7 heteroatoms. The lowest BCUT2D eigenvalue weighted by molar-refractivity contribution is -0.139. The highest BCUT2D eigenvalue weighted by Gasteiger charge is 2.56. The van der Waals surface area contributed by atoms with Crippen LogP contribution in [-0.2, 0) is 11.3 Å². The summed E-state index contributed by atoms with van der Waals surface area (Å²) in [7, 11) is 0. The predicted molar refractivity (Wildman–Crippen MR) is 116 cm³/mol. The van der Waals surface area contributed by atoms with E-state index in [1.165, 1.54) is 19.3 Å². The molecule has 2 atom stereocenters. The van der Waals surface area contributed by atoms with Crippen LogP contribution in [0.25, 0.3) is 11.3 Å². The van der Waals surface area contributed by atoms with Crippen LogP contribution >= 0.6 is 0 Å². The first-order valence-corrected chi connectivity index (χ1v) is 11.6. The summed E-state index contributed by atoms with van der Waals surface area (Å²) in [5, 5.41) is 14.5. The number of pyridine rings is 1. The number of hydrogen-bond acceptors (Lipinski definition) is 6. The Morgan fingerprint density at radius 3 is 2.71 bits per heavy atom. The van der Waals surface area contributed by atoms with Crippen molar-refractivity contribution in [1.29, 1.82) is 0 Å². The predicted octanol–water partition coefficient (Wildman–Crippen LogP) is 3.22. The number of aromatic nitrogens is 2. The van der Waals surface area contributed by atoms with Gasteiger partial charge in [0.15, 0.2) is 0 Å². The lowest BCUT2D eigenvalue weighted by Gasteiger charge is -2.36. The van der Waals surface area contributed by atoms with E-state index in [0.717, 1.165) is 54.1 Å². The van der Waals surface area contributed by atoms with Crippen LogP contribution in [0.15, 0.2) is 22.9 Å². The number of nitrogens with zero attached hydrogens (tertiary/aromatic N) is 4. The Morgan fingerprint density at radius 1 is 1.23 bits per heavy atom. The van der Waals surface area contributed by atoms with Crippen molar-refractivity contribution in [3.8, 4) is 11.3 Å². The highest BCUT2D eigenvalue weighted by Crippen LogP contribution is 2.42. The Morgan fingerprint density at radius 2 is 2.03 bits per heavy atom. The molecule has 1 spiro atoms. The molecule has 2 saturated heterocycles. The molecule has 7 nitrogen and oxygen atoms in total. The van der Waals surface area contributed by atoms with Gasteiger partial charge in [0.2, 0.25) is 5.91 Å². The molecule has 5 rings (SSSR count). The fourth-order valence-electron chi connectivity index (χ4n) is 5.97. The molecule has 1 N–H and O–H groups in total. The number of rotatable bonds is 4. The van der Waals surface area contributed by atoms with E-state index in [4.69, 9.17) is 4.52 Å². The molecule has 3 fully saturated rings. The van der Waals surface area contributed by atoms with Gasteiger partial charge >= 0.3 is 0 Å². The Hall–Kier alpha value is -2.25. The molecule has 2 aromatic rings. The molecule has 4 heterocycles. The van der Waals surface area contributed by atoms with E-state index >= 15 is 0 Å². The lowest BCUT2D eigenvalue weighted by atomic mass is 9.92. The average molecular weight is 425 g/mol. The third-order valence-corrected chi connectivity index (χ3v) is 7.54. The number of β-amino-alcohol motifs (C(OH)–C–C–N with tert-alkyl or cyclic N) is 1. The number of amides is 1. The van der Waals surface area contributed by atoms with Gasteiger partial charge in [0, 0.05) is 38.3 Å². The molecule has 0 radical (unpaired) electrons. The van der Waals surface area contributed by atoms with Crippen LogP contribution in [0.1, 0.15) is 62.0 Å². The first-order valence-electron chi connectivity index (χ1n) is 11.6. The minimum atomic E-state index is -0.558. The maximum Gasteiger partial charge on any atom is 0.243 e. The number of aliphatic hydroxyl groups is 1. The smallest absolute Gasteiger partial charge is 0.243 e. The Kier molecular flexibility index (Phi) is 5.34. The third-order valence-electron chi connectivity index (χ3n) is 7.54. The molecule has 31 heavy (non-hydrogen) atoms. The molecule has 166 valence electrons. The normalized spacial score (nSPS) is 27.6. The van der Waals surface area contributed by atoms with E-state index in [-0.39, 0.29) is 5.91 Å². The van der Waals surface area contributed by atoms with Crippen LogP contribution in [0.4, 0.5) is 0 Å². The first kappa shape index (κ1) is 20.6. The number of aryl methyl sites for hydroxylation is 2. The van der Waals surface area contributed by atoms with Crippen molar-refractivity contribution >= 4 is 5.91 Å². The van der Waals surface area contributed by atoms with Crippen molar-refractivity contribution in [3.05, 3.63) is 35.3 Å². The number of likely N-dealkylation sites (tertiary alicyclic amines) is 2. The molecule has 1 unspecified atom stereocenters. The molecule has 2 aromatic heterocycles. The second-order valence-electron chi connectivity index (χ2n) is 9.56. The van der Waals surface area contributed by atoms with E-state index < -0.39 is 11.6 Å². The molecular weight excluding hydrogens is 392 g/mol. The van der Waals surface area contributed by atoms with Crippen LogP contribution in [0.2, 0.25) is 0 Å². The Balaban J connectivity index is 1.34. The summed E-state index contributed by atoms with van der Waals surface area (Å²) in [6.07, 6.45) is 8.74. The van der Waals surface area contributed by atoms with Crippen molar-refractivity contribution < 1.29 is 14.4 Å². The minimum Gasteiger partial charge on any atom is -0.392 e. The zero-order valence-electron chi connectivity index (χ0n) is 18.5. The summed E-state index contributed by atoms with van der Waals surface area (Å²) >= 11 is 0. The summed E-state index contributed by atoms with van der Waals surface area (Å²) in [5.74, 6) is 0.995. The van der Waals surface area contributed by atoms with Crippen LogP contribution in [0.3, 0.4) is 0 Å².